The first-order valence-electron chi connectivity index (χ1n) is 6.90. The highest BCUT2D eigenvalue weighted by Crippen LogP contribution is 2.41. The molecule has 0 atom stereocenters. The van der Waals surface area contributed by atoms with E-state index in [0.717, 1.165) is 18.3 Å². The van der Waals surface area contributed by atoms with Gasteiger partial charge in [-0.1, -0.05) is 19.1 Å². The summed E-state index contributed by atoms with van der Waals surface area (Å²) < 4.78 is 11.2. The van der Waals surface area contributed by atoms with Gasteiger partial charge in [0.15, 0.2) is 18.1 Å². The molecule has 0 N–H and O–H groups in total. The van der Waals surface area contributed by atoms with E-state index < -0.39 is 0 Å². The molecule has 0 aliphatic carbocycles. The molecule has 0 bridgehead atoms. The van der Waals surface area contributed by atoms with E-state index in [0.29, 0.717) is 35.9 Å². The molecule has 0 radical (unpaired) electrons. The summed E-state index contributed by atoms with van der Waals surface area (Å²) in [7, 11) is 0. The van der Waals surface area contributed by atoms with Gasteiger partial charge < -0.3 is 14.4 Å². The first-order chi connectivity index (χ1) is 10.1. The zero-order chi connectivity index (χ0) is 15.4. The third-order valence-electron chi connectivity index (χ3n) is 3.02. The van der Waals surface area contributed by atoms with Gasteiger partial charge in [-0.05, 0) is 25.5 Å². The monoisotopic (exact) mass is 289 g/mol. The number of carbonyl (C=O) groups excluding carboxylic acids is 2. The molecule has 0 saturated carbocycles. The zero-order valence-electron chi connectivity index (χ0n) is 12.3. The molecule has 21 heavy (non-hydrogen) atoms. The fourth-order valence-electron chi connectivity index (χ4n) is 2.13. The molecule has 0 aromatic heterocycles. The molecule has 112 valence electrons. The molecule has 1 aliphatic heterocycles. The first kappa shape index (κ1) is 15.1. The predicted molar refractivity (Wildman–Crippen MR) is 80.3 cm³/mol. The number of carbonyl (C=O) groups is 2. The molecule has 0 saturated heterocycles. The standard InChI is InChI=1S/C16H19NO4/c1-4-5-20-14-7-12(9-18)6-13-16(14)21-10-15(19)17(13)8-11(2)3/h6-7,9H,2,4-5,8,10H2,1,3H3. The van der Waals surface area contributed by atoms with E-state index in [4.69, 9.17) is 9.47 Å². The Bertz CT molecular complexity index is 580. The normalized spacial score (nSPS) is 13.4. The highest BCUT2D eigenvalue weighted by Gasteiger charge is 2.28. The Morgan fingerprint density at radius 1 is 1.52 bits per heavy atom. The summed E-state index contributed by atoms with van der Waals surface area (Å²) in [6, 6.07) is 3.28. The van der Waals surface area contributed by atoms with Crippen LogP contribution in [0, 0.1) is 0 Å². The second-order valence-corrected chi connectivity index (χ2v) is 5.06. The Kier molecular flexibility index (Phi) is 4.62. The quantitative estimate of drug-likeness (QED) is 0.596. The number of hydrogen-bond donors (Lipinski definition) is 0. The van der Waals surface area contributed by atoms with Crippen LogP contribution in [-0.2, 0) is 4.79 Å². The van der Waals surface area contributed by atoms with Crippen LogP contribution < -0.4 is 14.4 Å². The van der Waals surface area contributed by atoms with E-state index in [1.807, 2.05) is 13.8 Å². The van der Waals surface area contributed by atoms with Crippen molar-refractivity contribution in [3.05, 3.63) is 29.8 Å². The van der Waals surface area contributed by atoms with E-state index in [1.165, 1.54) is 0 Å². The van der Waals surface area contributed by atoms with Crippen LogP contribution in [0.4, 0.5) is 5.69 Å². The minimum absolute atomic E-state index is 0.0385. The maximum absolute atomic E-state index is 12.0. The lowest BCUT2D eigenvalue weighted by molar-refractivity contribution is -0.121. The van der Waals surface area contributed by atoms with Crippen LogP contribution in [0.5, 0.6) is 11.5 Å². The van der Waals surface area contributed by atoms with Crippen LogP contribution in [0.25, 0.3) is 0 Å². The highest BCUT2D eigenvalue weighted by molar-refractivity contribution is 6.00. The average Bonchev–Trinajstić information content (AvgIpc) is 2.47. The molecule has 0 unspecified atom stereocenters. The van der Waals surface area contributed by atoms with Gasteiger partial charge in [0.2, 0.25) is 0 Å². The highest BCUT2D eigenvalue weighted by atomic mass is 16.5. The molecule has 1 heterocycles. The van der Waals surface area contributed by atoms with Crippen molar-refractivity contribution in [1.82, 2.24) is 0 Å². The molecular formula is C16H19NO4. The van der Waals surface area contributed by atoms with E-state index in [1.54, 1.807) is 17.0 Å². The van der Waals surface area contributed by atoms with Crippen LogP contribution >= 0.6 is 0 Å². The Morgan fingerprint density at radius 3 is 2.90 bits per heavy atom. The maximum atomic E-state index is 12.0. The minimum Gasteiger partial charge on any atom is -0.490 e. The van der Waals surface area contributed by atoms with Gasteiger partial charge in [-0.15, -0.1) is 0 Å². The van der Waals surface area contributed by atoms with E-state index >= 15 is 0 Å². The number of nitrogens with zero attached hydrogens (tertiary/aromatic N) is 1. The van der Waals surface area contributed by atoms with E-state index in [-0.39, 0.29) is 12.5 Å². The molecule has 5 nitrogen and oxygen atoms in total. The second kappa shape index (κ2) is 6.43. The Hall–Kier alpha value is -2.30. The fourth-order valence-corrected chi connectivity index (χ4v) is 2.13. The smallest absolute Gasteiger partial charge is 0.265 e. The van der Waals surface area contributed by atoms with Crippen LogP contribution in [0.2, 0.25) is 0 Å². The third kappa shape index (κ3) is 3.24. The Balaban J connectivity index is 2.48. The number of benzene rings is 1. The molecule has 1 aromatic rings. The zero-order valence-corrected chi connectivity index (χ0v) is 12.3. The molecule has 1 aliphatic rings. The number of aldehydes is 1. The largest absolute Gasteiger partial charge is 0.490 e. The minimum atomic E-state index is -0.157. The summed E-state index contributed by atoms with van der Waals surface area (Å²) in [5.74, 6) is 0.848. The van der Waals surface area contributed by atoms with Gasteiger partial charge >= 0.3 is 0 Å². The van der Waals surface area contributed by atoms with Crippen molar-refractivity contribution in [3.63, 3.8) is 0 Å². The molecule has 1 aromatic carbocycles. The predicted octanol–water partition coefficient (Wildman–Crippen LogP) is 2.59. The van der Waals surface area contributed by atoms with Gasteiger partial charge in [0.25, 0.3) is 5.91 Å². The molecule has 5 heteroatoms. The van der Waals surface area contributed by atoms with Crippen molar-refractivity contribution in [2.45, 2.75) is 20.3 Å². The van der Waals surface area contributed by atoms with Crippen LogP contribution in [0.15, 0.2) is 24.3 Å². The van der Waals surface area contributed by atoms with Crippen LogP contribution in [0.1, 0.15) is 30.6 Å². The maximum Gasteiger partial charge on any atom is 0.265 e. The summed E-state index contributed by atoms with van der Waals surface area (Å²) in [5, 5.41) is 0. The van der Waals surface area contributed by atoms with Gasteiger partial charge in [0, 0.05) is 12.1 Å². The van der Waals surface area contributed by atoms with Crippen LogP contribution in [-0.4, -0.2) is 32.0 Å². The van der Waals surface area contributed by atoms with Crippen molar-refractivity contribution in [1.29, 1.82) is 0 Å². The van der Waals surface area contributed by atoms with Crippen molar-refractivity contribution in [2.24, 2.45) is 0 Å². The number of ether oxygens (including phenoxy) is 2. The van der Waals surface area contributed by atoms with Gasteiger partial charge in [-0.2, -0.15) is 0 Å². The van der Waals surface area contributed by atoms with E-state index in [9.17, 15) is 9.59 Å². The average molecular weight is 289 g/mol. The summed E-state index contributed by atoms with van der Waals surface area (Å²) in [6.07, 6.45) is 1.58. The number of hydrogen-bond acceptors (Lipinski definition) is 4. The van der Waals surface area contributed by atoms with Crippen molar-refractivity contribution < 1.29 is 19.1 Å². The number of amides is 1. The lowest BCUT2D eigenvalue weighted by atomic mass is 10.1. The lowest BCUT2D eigenvalue weighted by Gasteiger charge is -2.30. The second-order valence-electron chi connectivity index (χ2n) is 5.06. The number of rotatable bonds is 6. The summed E-state index contributed by atoms with van der Waals surface area (Å²) in [4.78, 5) is 24.7. The molecule has 1 amide bonds. The van der Waals surface area contributed by atoms with Crippen molar-refractivity contribution >= 4 is 17.9 Å². The molecule has 0 spiro atoms. The van der Waals surface area contributed by atoms with Gasteiger partial charge in [0.1, 0.15) is 6.29 Å². The van der Waals surface area contributed by atoms with Crippen molar-refractivity contribution in [3.8, 4) is 11.5 Å². The summed E-state index contributed by atoms with van der Waals surface area (Å²) in [6.45, 7) is 8.55. The Morgan fingerprint density at radius 2 is 2.29 bits per heavy atom. The van der Waals surface area contributed by atoms with Gasteiger partial charge in [-0.25, -0.2) is 0 Å². The molecular weight excluding hydrogens is 270 g/mol. The summed E-state index contributed by atoms with van der Waals surface area (Å²) in [5.41, 5.74) is 1.86. The summed E-state index contributed by atoms with van der Waals surface area (Å²) >= 11 is 0. The third-order valence-corrected chi connectivity index (χ3v) is 3.02. The van der Waals surface area contributed by atoms with Crippen molar-refractivity contribution in [2.75, 3.05) is 24.7 Å². The SMILES string of the molecule is C=C(C)CN1C(=O)COc2c(OCCC)cc(C=O)cc21. The van der Waals surface area contributed by atoms with Gasteiger partial charge in [0.05, 0.1) is 12.3 Å². The Labute approximate surface area is 124 Å². The lowest BCUT2D eigenvalue weighted by Crippen LogP contribution is -2.39. The topological polar surface area (TPSA) is 55.8 Å². The van der Waals surface area contributed by atoms with Crippen LogP contribution in [0.3, 0.4) is 0 Å². The van der Waals surface area contributed by atoms with Gasteiger partial charge in [-0.3, -0.25) is 9.59 Å². The fraction of sp³-hybridized carbons (Fsp3) is 0.375. The molecule has 0 fully saturated rings. The number of anilines is 1. The molecule has 2 rings (SSSR count). The van der Waals surface area contributed by atoms with E-state index in [2.05, 4.69) is 6.58 Å². The number of fused-ring (bicyclic) bond motifs is 1. The first-order valence-corrected chi connectivity index (χ1v) is 6.90.